The van der Waals surface area contributed by atoms with Crippen molar-refractivity contribution in [1.82, 2.24) is 10.2 Å². The highest BCUT2D eigenvalue weighted by molar-refractivity contribution is 7.98. The van der Waals surface area contributed by atoms with Crippen LogP contribution in [0.15, 0.2) is 35.4 Å². The maximum absolute atomic E-state index is 11.1. The lowest BCUT2D eigenvalue weighted by atomic mass is 10.3. The molecule has 0 saturated carbocycles. The highest BCUT2D eigenvalue weighted by Crippen LogP contribution is 2.25. The van der Waals surface area contributed by atoms with E-state index >= 15 is 0 Å². The summed E-state index contributed by atoms with van der Waals surface area (Å²) in [6, 6.07) is 8.55. The van der Waals surface area contributed by atoms with E-state index < -0.39 is 5.97 Å². The van der Waals surface area contributed by atoms with Gasteiger partial charge in [0.05, 0.1) is 16.3 Å². The van der Waals surface area contributed by atoms with E-state index in [-0.39, 0.29) is 5.56 Å². The van der Waals surface area contributed by atoms with Crippen molar-refractivity contribution in [2.24, 2.45) is 0 Å². The molecule has 0 unspecified atom stereocenters. The van der Waals surface area contributed by atoms with Crippen molar-refractivity contribution >= 4 is 40.8 Å². The number of nitrogens with zero attached hydrogens (tertiary/aromatic N) is 2. The van der Waals surface area contributed by atoms with Crippen molar-refractivity contribution < 1.29 is 9.90 Å². The summed E-state index contributed by atoms with van der Waals surface area (Å²) in [6.45, 7) is 0. The van der Waals surface area contributed by atoms with Gasteiger partial charge in [-0.3, -0.25) is 0 Å². The van der Waals surface area contributed by atoms with Gasteiger partial charge in [-0.2, -0.15) is 0 Å². The molecule has 2 aromatic rings. The van der Waals surface area contributed by atoms with E-state index in [0.29, 0.717) is 21.6 Å². The average Bonchev–Trinajstić information content (AvgIpc) is 2.41. The summed E-state index contributed by atoms with van der Waals surface area (Å²) in [5.74, 6) is -0.704. The molecule has 0 spiro atoms. The van der Waals surface area contributed by atoms with E-state index in [1.807, 2.05) is 6.07 Å². The lowest BCUT2D eigenvalue weighted by molar-refractivity contribution is 0.0692. The quantitative estimate of drug-likeness (QED) is 0.843. The zero-order valence-corrected chi connectivity index (χ0v) is 11.5. The maximum Gasteiger partial charge on any atom is 0.338 e. The molecular weight excluding hydrogens is 286 g/mol. The standard InChI is InChI=1S/C12H10ClN3O2S/c1-19-11-7(12(17)18)6-10(15-16-11)14-9-5-3-2-4-8(9)13/h2-6H,1H3,(H,14,15)(H,17,18). The van der Waals surface area contributed by atoms with Crippen LogP contribution in [0.4, 0.5) is 11.5 Å². The number of halogens is 1. The number of nitrogens with one attached hydrogen (secondary N) is 1. The van der Waals surface area contributed by atoms with E-state index in [9.17, 15) is 4.79 Å². The van der Waals surface area contributed by atoms with Gasteiger partial charge in [-0.15, -0.1) is 22.0 Å². The molecule has 0 fully saturated rings. The van der Waals surface area contributed by atoms with E-state index in [1.54, 1.807) is 24.5 Å². The largest absolute Gasteiger partial charge is 0.478 e. The molecule has 19 heavy (non-hydrogen) atoms. The van der Waals surface area contributed by atoms with Crippen LogP contribution in [0.2, 0.25) is 5.02 Å². The number of benzene rings is 1. The van der Waals surface area contributed by atoms with Crippen molar-refractivity contribution in [1.29, 1.82) is 0 Å². The van der Waals surface area contributed by atoms with Gasteiger partial charge in [0.1, 0.15) is 5.03 Å². The molecule has 2 rings (SSSR count). The van der Waals surface area contributed by atoms with Crippen LogP contribution < -0.4 is 5.32 Å². The van der Waals surface area contributed by atoms with Gasteiger partial charge < -0.3 is 10.4 Å². The molecule has 1 aromatic heterocycles. The van der Waals surface area contributed by atoms with Crippen LogP contribution in [0.5, 0.6) is 0 Å². The predicted octanol–water partition coefficient (Wildman–Crippen LogP) is 3.29. The molecule has 5 nitrogen and oxygen atoms in total. The number of carboxylic acid groups (broad SMARTS) is 1. The molecule has 1 aromatic carbocycles. The van der Waals surface area contributed by atoms with E-state index in [0.717, 1.165) is 0 Å². The van der Waals surface area contributed by atoms with E-state index in [4.69, 9.17) is 16.7 Å². The number of hydrogen-bond acceptors (Lipinski definition) is 5. The Morgan fingerprint density at radius 1 is 1.37 bits per heavy atom. The van der Waals surface area contributed by atoms with Gasteiger partial charge in [0.25, 0.3) is 0 Å². The number of thioether (sulfide) groups is 1. The monoisotopic (exact) mass is 295 g/mol. The van der Waals surface area contributed by atoms with Crippen LogP contribution in [0.3, 0.4) is 0 Å². The first-order valence-corrected chi connectivity index (χ1v) is 6.88. The molecule has 0 amide bonds. The second-order valence-corrected chi connectivity index (χ2v) is 4.76. The lowest BCUT2D eigenvalue weighted by Gasteiger charge is -2.08. The van der Waals surface area contributed by atoms with Crippen LogP contribution in [0.1, 0.15) is 10.4 Å². The molecular formula is C12H10ClN3O2S. The second-order valence-electron chi connectivity index (χ2n) is 3.56. The van der Waals surface area contributed by atoms with Gasteiger partial charge in [-0.1, -0.05) is 23.7 Å². The SMILES string of the molecule is CSc1nnc(Nc2ccccc2Cl)cc1C(=O)O. The summed E-state index contributed by atoms with van der Waals surface area (Å²) in [6.07, 6.45) is 1.75. The Bertz CT molecular complexity index is 622. The highest BCUT2D eigenvalue weighted by Gasteiger charge is 2.13. The summed E-state index contributed by atoms with van der Waals surface area (Å²) in [7, 11) is 0. The number of aromatic nitrogens is 2. The van der Waals surface area contributed by atoms with Gasteiger partial charge >= 0.3 is 5.97 Å². The maximum atomic E-state index is 11.1. The fraction of sp³-hybridized carbons (Fsp3) is 0.0833. The number of aromatic carboxylic acids is 1. The summed E-state index contributed by atoms with van der Waals surface area (Å²) in [4.78, 5) is 11.1. The van der Waals surface area contributed by atoms with Gasteiger partial charge in [-0.25, -0.2) is 4.79 Å². The van der Waals surface area contributed by atoms with Crippen LogP contribution in [0.25, 0.3) is 0 Å². The third kappa shape index (κ3) is 3.15. The molecule has 2 N–H and O–H groups in total. The van der Waals surface area contributed by atoms with E-state index in [2.05, 4.69) is 15.5 Å². The summed E-state index contributed by atoms with van der Waals surface area (Å²) < 4.78 is 0. The first kappa shape index (κ1) is 13.6. The van der Waals surface area contributed by atoms with E-state index in [1.165, 1.54) is 17.8 Å². The molecule has 1 heterocycles. The van der Waals surface area contributed by atoms with Crippen LogP contribution in [0, 0.1) is 0 Å². The predicted molar refractivity (Wildman–Crippen MR) is 75.5 cm³/mol. The minimum absolute atomic E-state index is 0.108. The Morgan fingerprint density at radius 3 is 2.74 bits per heavy atom. The third-order valence-corrected chi connectivity index (χ3v) is 3.34. The molecule has 0 atom stereocenters. The van der Waals surface area contributed by atoms with Gasteiger partial charge in [0.15, 0.2) is 5.82 Å². The Balaban J connectivity index is 2.34. The minimum Gasteiger partial charge on any atom is -0.478 e. The Morgan fingerprint density at radius 2 is 2.11 bits per heavy atom. The van der Waals surface area contributed by atoms with Crippen molar-refractivity contribution in [3.8, 4) is 0 Å². The fourth-order valence-corrected chi connectivity index (χ4v) is 2.12. The molecule has 98 valence electrons. The molecule has 0 aliphatic heterocycles. The highest BCUT2D eigenvalue weighted by atomic mass is 35.5. The van der Waals surface area contributed by atoms with Crippen molar-refractivity contribution in [2.75, 3.05) is 11.6 Å². The van der Waals surface area contributed by atoms with Gasteiger partial charge in [0, 0.05) is 0 Å². The fourth-order valence-electron chi connectivity index (χ4n) is 1.45. The summed E-state index contributed by atoms with van der Waals surface area (Å²) >= 11 is 7.24. The number of rotatable bonds is 4. The van der Waals surface area contributed by atoms with Crippen molar-refractivity contribution in [2.45, 2.75) is 5.03 Å². The normalized spacial score (nSPS) is 10.2. The smallest absolute Gasteiger partial charge is 0.338 e. The number of anilines is 2. The molecule has 0 bridgehead atoms. The van der Waals surface area contributed by atoms with Crippen LogP contribution in [-0.4, -0.2) is 27.5 Å². The van der Waals surface area contributed by atoms with Crippen molar-refractivity contribution in [3.05, 3.63) is 40.9 Å². The number of hydrogen-bond donors (Lipinski definition) is 2. The topological polar surface area (TPSA) is 75.1 Å². The van der Waals surface area contributed by atoms with Crippen LogP contribution >= 0.6 is 23.4 Å². The minimum atomic E-state index is -1.04. The number of carbonyl (C=O) groups is 1. The average molecular weight is 296 g/mol. The summed E-state index contributed by atoms with van der Waals surface area (Å²) in [5.41, 5.74) is 0.753. The molecule has 0 radical (unpaired) electrons. The zero-order chi connectivity index (χ0) is 13.8. The lowest BCUT2D eigenvalue weighted by Crippen LogP contribution is -2.05. The molecule has 7 heteroatoms. The van der Waals surface area contributed by atoms with Gasteiger partial charge in [-0.05, 0) is 24.5 Å². The Labute approximate surface area is 119 Å². The molecule has 0 aliphatic carbocycles. The zero-order valence-electron chi connectivity index (χ0n) is 9.92. The first-order chi connectivity index (χ1) is 9.11. The number of carboxylic acids is 1. The Kier molecular flexibility index (Phi) is 4.24. The molecule has 0 saturated heterocycles. The number of para-hydroxylation sites is 1. The molecule has 0 aliphatic rings. The summed E-state index contributed by atoms with van der Waals surface area (Å²) in [5, 5.41) is 20.7. The first-order valence-electron chi connectivity index (χ1n) is 5.28. The van der Waals surface area contributed by atoms with Crippen LogP contribution in [-0.2, 0) is 0 Å². The third-order valence-electron chi connectivity index (χ3n) is 2.32. The van der Waals surface area contributed by atoms with Crippen molar-refractivity contribution in [3.63, 3.8) is 0 Å². The van der Waals surface area contributed by atoms with Gasteiger partial charge in [0.2, 0.25) is 0 Å². The second kappa shape index (κ2) is 5.90. The Hall–Kier alpha value is -1.79.